The summed E-state index contributed by atoms with van der Waals surface area (Å²) >= 11 is 0. The average Bonchev–Trinajstić information content (AvgIpc) is 2.62. The molecule has 1 aromatic carbocycles. The number of para-hydroxylation sites is 2. The molecule has 1 aromatic heterocycles. The van der Waals surface area contributed by atoms with Crippen LogP contribution in [-0.4, -0.2) is 44.7 Å². The lowest BCUT2D eigenvalue weighted by Gasteiger charge is -2.35. The van der Waals surface area contributed by atoms with E-state index in [2.05, 4.69) is 4.98 Å². The Hall–Kier alpha value is -2.08. The number of hydrogen-bond donors (Lipinski definition) is 2. The van der Waals surface area contributed by atoms with Crippen molar-refractivity contribution in [3.05, 3.63) is 34.7 Å². The summed E-state index contributed by atoms with van der Waals surface area (Å²) in [7, 11) is 0. The van der Waals surface area contributed by atoms with Gasteiger partial charge in [-0.2, -0.15) is 0 Å². The fourth-order valence-corrected chi connectivity index (χ4v) is 2.16. The number of rotatable bonds is 2. The number of hydrogen-bond acceptors (Lipinski definition) is 3. The van der Waals surface area contributed by atoms with Crippen molar-refractivity contribution >= 4 is 16.9 Å². The van der Waals surface area contributed by atoms with E-state index in [1.807, 2.05) is 12.1 Å². The molecule has 1 aliphatic rings. The number of fused-ring (bicyclic) bond motifs is 1. The Morgan fingerprint density at radius 2 is 2.11 bits per heavy atom. The Morgan fingerprint density at radius 1 is 1.39 bits per heavy atom. The minimum atomic E-state index is -0.423. The molecule has 6 heteroatoms. The summed E-state index contributed by atoms with van der Waals surface area (Å²) in [4.78, 5) is 27.9. The molecule has 18 heavy (non-hydrogen) atoms. The largest absolute Gasteiger partial charge is 0.389 e. The molecule has 2 N–H and O–H groups in total. The molecule has 1 aliphatic heterocycles. The number of imidazole rings is 1. The van der Waals surface area contributed by atoms with Gasteiger partial charge in [0.1, 0.15) is 6.54 Å². The van der Waals surface area contributed by atoms with E-state index in [0.717, 1.165) is 11.0 Å². The van der Waals surface area contributed by atoms with E-state index in [9.17, 15) is 9.59 Å². The number of aromatic nitrogens is 2. The molecule has 6 nitrogen and oxygen atoms in total. The molecule has 1 fully saturated rings. The highest BCUT2D eigenvalue weighted by atomic mass is 16.3. The van der Waals surface area contributed by atoms with Crippen LogP contribution in [0.25, 0.3) is 11.0 Å². The maximum atomic E-state index is 11.9. The number of nitrogens with one attached hydrogen (secondary N) is 1. The number of likely N-dealkylation sites (tertiary alicyclic amines) is 1. The number of amides is 1. The van der Waals surface area contributed by atoms with E-state index in [0.29, 0.717) is 13.1 Å². The quantitative estimate of drug-likeness (QED) is 0.753. The number of benzene rings is 1. The van der Waals surface area contributed by atoms with Crippen LogP contribution in [0.15, 0.2) is 29.1 Å². The monoisotopic (exact) mass is 247 g/mol. The molecule has 0 radical (unpaired) electrons. The second kappa shape index (κ2) is 3.99. The van der Waals surface area contributed by atoms with Crippen LogP contribution in [0.1, 0.15) is 0 Å². The van der Waals surface area contributed by atoms with Crippen molar-refractivity contribution in [2.45, 2.75) is 12.6 Å². The lowest BCUT2D eigenvalue weighted by Crippen LogP contribution is -2.54. The Labute approximate surface area is 102 Å². The van der Waals surface area contributed by atoms with Crippen molar-refractivity contribution in [3.8, 4) is 0 Å². The second-order valence-electron chi connectivity index (χ2n) is 4.49. The number of carbonyl (C=O) groups excluding carboxylic acids is 1. The van der Waals surface area contributed by atoms with Gasteiger partial charge in [0, 0.05) is 13.1 Å². The summed E-state index contributed by atoms with van der Waals surface area (Å²) in [6, 6.07) is 7.25. The molecule has 0 unspecified atom stereocenters. The van der Waals surface area contributed by atoms with Crippen molar-refractivity contribution < 1.29 is 9.90 Å². The Kier molecular flexibility index (Phi) is 2.45. The van der Waals surface area contributed by atoms with Crippen molar-refractivity contribution in [3.63, 3.8) is 0 Å². The molecular formula is C12H13N3O3. The molecule has 3 rings (SSSR count). The van der Waals surface area contributed by atoms with Gasteiger partial charge in [-0.3, -0.25) is 9.36 Å². The molecule has 2 aromatic rings. The van der Waals surface area contributed by atoms with Crippen LogP contribution in [0.3, 0.4) is 0 Å². The normalized spacial score (nSPS) is 15.9. The van der Waals surface area contributed by atoms with Crippen molar-refractivity contribution in [1.29, 1.82) is 0 Å². The lowest BCUT2D eigenvalue weighted by molar-refractivity contribution is -0.141. The summed E-state index contributed by atoms with van der Waals surface area (Å²) in [5.41, 5.74) is 1.15. The first-order chi connectivity index (χ1) is 8.65. The van der Waals surface area contributed by atoms with Crippen LogP contribution < -0.4 is 5.69 Å². The van der Waals surface area contributed by atoms with E-state index >= 15 is 0 Å². The van der Waals surface area contributed by atoms with Crippen LogP contribution >= 0.6 is 0 Å². The first-order valence-corrected chi connectivity index (χ1v) is 5.78. The number of aliphatic hydroxyl groups is 1. The van der Waals surface area contributed by atoms with Crippen LogP contribution in [0.2, 0.25) is 0 Å². The smallest absolute Gasteiger partial charge is 0.326 e. The van der Waals surface area contributed by atoms with Gasteiger partial charge in [-0.1, -0.05) is 12.1 Å². The maximum Gasteiger partial charge on any atom is 0.326 e. The van der Waals surface area contributed by atoms with Gasteiger partial charge in [-0.15, -0.1) is 0 Å². The van der Waals surface area contributed by atoms with Gasteiger partial charge in [0.2, 0.25) is 5.91 Å². The number of H-pyrrole nitrogens is 1. The van der Waals surface area contributed by atoms with Crippen molar-refractivity contribution in [1.82, 2.24) is 14.5 Å². The number of nitrogens with zero attached hydrogens (tertiary/aromatic N) is 2. The Bertz CT molecular complexity index is 652. The first kappa shape index (κ1) is 11.0. The second-order valence-corrected chi connectivity index (χ2v) is 4.49. The van der Waals surface area contributed by atoms with Crippen molar-refractivity contribution in [2.24, 2.45) is 0 Å². The number of carbonyl (C=O) groups is 1. The summed E-state index contributed by atoms with van der Waals surface area (Å²) < 4.78 is 1.42. The van der Waals surface area contributed by atoms with Gasteiger partial charge in [-0.05, 0) is 12.1 Å². The van der Waals surface area contributed by atoms with E-state index in [1.165, 1.54) is 4.57 Å². The Balaban J connectivity index is 1.88. The third-order valence-electron chi connectivity index (χ3n) is 3.19. The van der Waals surface area contributed by atoms with E-state index in [1.54, 1.807) is 17.0 Å². The van der Waals surface area contributed by atoms with Gasteiger partial charge < -0.3 is 15.0 Å². The Morgan fingerprint density at radius 3 is 2.83 bits per heavy atom. The predicted molar refractivity (Wildman–Crippen MR) is 65.1 cm³/mol. The first-order valence-electron chi connectivity index (χ1n) is 5.78. The fourth-order valence-electron chi connectivity index (χ4n) is 2.16. The SMILES string of the molecule is O=C(Cn1c(=O)[nH]c2ccccc21)N1CC(O)C1. The molecule has 0 spiro atoms. The van der Waals surface area contributed by atoms with Gasteiger partial charge in [0.05, 0.1) is 17.1 Å². The molecule has 0 atom stereocenters. The highest BCUT2D eigenvalue weighted by molar-refractivity contribution is 5.81. The minimum absolute atomic E-state index is 0.00949. The summed E-state index contributed by atoms with van der Waals surface area (Å²) in [6.07, 6.45) is -0.423. The zero-order valence-corrected chi connectivity index (χ0v) is 9.67. The zero-order valence-electron chi connectivity index (χ0n) is 9.67. The summed E-state index contributed by atoms with van der Waals surface area (Å²) in [6.45, 7) is 0.724. The van der Waals surface area contributed by atoms with Crippen molar-refractivity contribution in [2.75, 3.05) is 13.1 Å². The van der Waals surface area contributed by atoms with Gasteiger partial charge in [0.25, 0.3) is 0 Å². The third kappa shape index (κ3) is 1.70. The molecule has 1 saturated heterocycles. The molecule has 0 saturated carbocycles. The third-order valence-corrected chi connectivity index (χ3v) is 3.19. The highest BCUT2D eigenvalue weighted by Crippen LogP contribution is 2.11. The molecule has 94 valence electrons. The van der Waals surface area contributed by atoms with E-state index < -0.39 is 6.10 Å². The zero-order chi connectivity index (χ0) is 12.7. The summed E-state index contributed by atoms with van der Waals surface area (Å²) in [5, 5.41) is 9.15. The molecule has 0 bridgehead atoms. The van der Waals surface area contributed by atoms with E-state index in [-0.39, 0.29) is 18.1 Å². The number of β-amino-alcohol motifs (C(OH)–C–C–N with tert-alkyl or cyclic N) is 1. The average molecular weight is 247 g/mol. The predicted octanol–water partition coefficient (Wildman–Crippen LogP) is -0.467. The molecular weight excluding hydrogens is 234 g/mol. The van der Waals surface area contributed by atoms with Crippen LogP contribution in [0.5, 0.6) is 0 Å². The van der Waals surface area contributed by atoms with Gasteiger partial charge in [0.15, 0.2) is 0 Å². The molecule has 0 aliphatic carbocycles. The molecule has 2 heterocycles. The van der Waals surface area contributed by atoms with Crippen LogP contribution in [0.4, 0.5) is 0 Å². The maximum absolute atomic E-state index is 11.9. The highest BCUT2D eigenvalue weighted by Gasteiger charge is 2.29. The van der Waals surface area contributed by atoms with Crippen LogP contribution in [0, 0.1) is 0 Å². The lowest BCUT2D eigenvalue weighted by atomic mass is 10.2. The van der Waals surface area contributed by atoms with E-state index in [4.69, 9.17) is 5.11 Å². The van der Waals surface area contributed by atoms with Crippen LogP contribution in [-0.2, 0) is 11.3 Å². The van der Waals surface area contributed by atoms with Gasteiger partial charge in [-0.25, -0.2) is 4.79 Å². The fraction of sp³-hybridized carbons (Fsp3) is 0.333. The number of aromatic amines is 1. The van der Waals surface area contributed by atoms with Gasteiger partial charge >= 0.3 is 5.69 Å². The topological polar surface area (TPSA) is 78.3 Å². The minimum Gasteiger partial charge on any atom is -0.389 e. The summed E-state index contributed by atoms with van der Waals surface area (Å²) in [5.74, 6) is -0.146. The number of aliphatic hydroxyl groups excluding tert-OH is 1. The standard InChI is InChI=1S/C12H13N3O3/c16-8-5-14(6-8)11(17)7-15-10-4-2-1-3-9(10)13-12(15)18/h1-4,8,16H,5-7H2,(H,13,18). The molecule has 1 amide bonds.